The highest BCUT2D eigenvalue weighted by Crippen LogP contribution is 2.47. The molecule has 0 aliphatic rings. The Labute approximate surface area is 175 Å². The molecule has 4 heterocycles. The number of pyridine rings is 2. The highest BCUT2D eigenvalue weighted by molar-refractivity contribution is 7.27. The molecule has 0 fully saturated rings. The topological polar surface area (TPSA) is 30.7 Å². The van der Waals surface area contributed by atoms with Crippen molar-refractivity contribution in [3.63, 3.8) is 0 Å². The fourth-order valence-electron chi connectivity index (χ4n) is 4.77. The Morgan fingerprint density at radius 3 is 2.37 bits per heavy atom. The van der Waals surface area contributed by atoms with E-state index in [1.807, 2.05) is 42.2 Å². The van der Waals surface area contributed by atoms with E-state index in [1.165, 1.54) is 52.8 Å². The van der Waals surface area contributed by atoms with Gasteiger partial charge in [0.15, 0.2) is 0 Å². The first-order chi connectivity index (χ1) is 14.9. The zero-order valence-electron chi connectivity index (χ0n) is 15.9. The summed E-state index contributed by atoms with van der Waals surface area (Å²) in [5.41, 5.74) is 3.52. The molecule has 3 nitrogen and oxygen atoms in total. The number of thiophene rings is 1. The van der Waals surface area contributed by atoms with Gasteiger partial charge in [0.25, 0.3) is 0 Å². The van der Waals surface area contributed by atoms with Crippen molar-refractivity contribution in [1.29, 1.82) is 0 Å². The van der Waals surface area contributed by atoms with Crippen LogP contribution in [0.5, 0.6) is 0 Å². The first-order valence-corrected chi connectivity index (χ1v) is 10.7. The SMILES string of the molecule is c1cncc(-n2c3ccccc3c3c4ccncc4c4sc5ccccc5c4c32)c1. The van der Waals surface area contributed by atoms with Gasteiger partial charge in [0, 0.05) is 54.9 Å². The average molecular weight is 401 g/mol. The molecule has 4 aromatic heterocycles. The number of hydrogen-bond acceptors (Lipinski definition) is 3. The quantitative estimate of drug-likeness (QED) is 0.294. The van der Waals surface area contributed by atoms with Gasteiger partial charge in [-0.2, -0.15) is 0 Å². The number of nitrogens with zero attached hydrogens (tertiary/aromatic N) is 3. The second-order valence-corrected chi connectivity index (χ2v) is 8.56. The van der Waals surface area contributed by atoms with Gasteiger partial charge in [-0.25, -0.2) is 0 Å². The standard InChI is InChI=1S/C26H15N3S/c1-3-9-21-18(7-1)23-17-11-13-28-15-20(17)26-24(19-8-2-4-10-22(19)30-26)25(23)29(21)16-6-5-12-27-14-16/h1-15H. The summed E-state index contributed by atoms with van der Waals surface area (Å²) in [6.07, 6.45) is 7.69. The third-order valence-corrected chi connectivity index (χ3v) is 7.15. The van der Waals surface area contributed by atoms with Crippen molar-refractivity contribution in [2.75, 3.05) is 0 Å². The Kier molecular flexibility index (Phi) is 3.15. The maximum absolute atomic E-state index is 4.47. The number of benzene rings is 3. The normalized spacial score (nSPS) is 12.0. The van der Waals surface area contributed by atoms with Crippen LogP contribution in [0.2, 0.25) is 0 Å². The Bertz CT molecular complexity index is 1740. The summed E-state index contributed by atoms with van der Waals surface area (Å²) in [5.74, 6) is 0. The first kappa shape index (κ1) is 16.1. The van der Waals surface area contributed by atoms with Gasteiger partial charge in [-0.15, -0.1) is 11.3 Å². The minimum atomic E-state index is 1.08. The Hall–Kier alpha value is -3.76. The van der Waals surface area contributed by atoms with Crippen LogP contribution in [0.25, 0.3) is 58.4 Å². The monoisotopic (exact) mass is 401 g/mol. The maximum Gasteiger partial charge on any atom is 0.0645 e. The number of para-hydroxylation sites is 1. The van der Waals surface area contributed by atoms with E-state index in [4.69, 9.17) is 0 Å². The van der Waals surface area contributed by atoms with Crippen LogP contribution >= 0.6 is 11.3 Å². The molecular formula is C26H15N3S. The van der Waals surface area contributed by atoms with Gasteiger partial charge in [-0.1, -0.05) is 36.4 Å². The molecule has 0 saturated heterocycles. The summed E-state index contributed by atoms with van der Waals surface area (Å²) in [6.45, 7) is 0. The van der Waals surface area contributed by atoms with Gasteiger partial charge in [0.1, 0.15) is 0 Å². The Morgan fingerprint density at radius 2 is 1.47 bits per heavy atom. The molecular weight excluding hydrogens is 386 g/mol. The molecule has 0 unspecified atom stereocenters. The molecule has 0 spiro atoms. The summed E-state index contributed by atoms with van der Waals surface area (Å²) >= 11 is 1.85. The van der Waals surface area contributed by atoms with Gasteiger partial charge < -0.3 is 4.57 Å². The van der Waals surface area contributed by atoms with Gasteiger partial charge in [0.05, 0.1) is 22.9 Å². The predicted molar refractivity (Wildman–Crippen MR) is 127 cm³/mol. The van der Waals surface area contributed by atoms with Crippen LogP contribution in [-0.4, -0.2) is 14.5 Å². The zero-order valence-corrected chi connectivity index (χ0v) is 16.7. The van der Waals surface area contributed by atoms with Crippen LogP contribution < -0.4 is 0 Å². The van der Waals surface area contributed by atoms with Crippen molar-refractivity contribution in [2.24, 2.45) is 0 Å². The van der Waals surface area contributed by atoms with Crippen LogP contribution in [0.15, 0.2) is 91.5 Å². The molecule has 0 saturated carbocycles. The minimum Gasteiger partial charge on any atom is -0.307 e. The summed E-state index contributed by atoms with van der Waals surface area (Å²) in [4.78, 5) is 8.89. The van der Waals surface area contributed by atoms with E-state index in [-0.39, 0.29) is 0 Å². The fraction of sp³-hybridized carbons (Fsp3) is 0. The molecule has 0 atom stereocenters. The molecule has 4 heteroatoms. The molecule has 7 rings (SSSR count). The van der Waals surface area contributed by atoms with Crippen molar-refractivity contribution in [3.8, 4) is 5.69 Å². The largest absolute Gasteiger partial charge is 0.307 e. The first-order valence-electron chi connectivity index (χ1n) is 9.92. The third kappa shape index (κ3) is 1.98. The average Bonchev–Trinajstić information content (AvgIpc) is 3.36. The highest BCUT2D eigenvalue weighted by Gasteiger charge is 2.21. The van der Waals surface area contributed by atoms with Crippen molar-refractivity contribution in [2.45, 2.75) is 0 Å². The van der Waals surface area contributed by atoms with Crippen LogP contribution in [0, 0.1) is 0 Å². The summed E-state index contributed by atoms with van der Waals surface area (Å²) in [6, 6.07) is 23.7. The number of rotatable bonds is 1. The molecule has 0 amide bonds. The van der Waals surface area contributed by atoms with Crippen molar-refractivity contribution in [1.82, 2.24) is 14.5 Å². The molecule has 140 valence electrons. The second kappa shape index (κ2) is 5.88. The second-order valence-electron chi connectivity index (χ2n) is 7.51. The van der Waals surface area contributed by atoms with E-state index in [2.05, 4.69) is 75.2 Å². The molecule has 3 aromatic carbocycles. The van der Waals surface area contributed by atoms with E-state index in [9.17, 15) is 0 Å². The maximum atomic E-state index is 4.47. The van der Waals surface area contributed by atoms with Gasteiger partial charge in [-0.05, 0) is 35.7 Å². The van der Waals surface area contributed by atoms with Crippen LogP contribution in [-0.2, 0) is 0 Å². The van der Waals surface area contributed by atoms with Crippen molar-refractivity contribution >= 4 is 64.1 Å². The number of fused-ring (bicyclic) bond motifs is 10. The van der Waals surface area contributed by atoms with E-state index >= 15 is 0 Å². The molecule has 30 heavy (non-hydrogen) atoms. The van der Waals surface area contributed by atoms with E-state index in [1.54, 1.807) is 0 Å². The minimum absolute atomic E-state index is 1.08. The Balaban J connectivity index is 1.91. The highest BCUT2D eigenvalue weighted by atomic mass is 32.1. The lowest BCUT2D eigenvalue weighted by molar-refractivity contribution is 1.15. The lowest BCUT2D eigenvalue weighted by Crippen LogP contribution is -1.94. The lowest BCUT2D eigenvalue weighted by Gasteiger charge is -2.09. The Morgan fingerprint density at radius 1 is 0.633 bits per heavy atom. The van der Waals surface area contributed by atoms with E-state index in [0.717, 1.165) is 5.69 Å². The van der Waals surface area contributed by atoms with Gasteiger partial charge in [0.2, 0.25) is 0 Å². The molecule has 0 bridgehead atoms. The van der Waals surface area contributed by atoms with Crippen LogP contribution in [0.3, 0.4) is 0 Å². The zero-order chi connectivity index (χ0) is 19.7. The van der Waals surface area contributed by atoms with E-state index in [0.29, 0.717) is 0 Å². The fourth-order valence-corrected chi connectivity index (χ4v) is 6.00. The molecule has 0 aliphatic carbocycles. The predicted octanol–water partition coefficient (Wildman–Crippen LogP) is 7.09. The summed E-state index contributed by atoms with van der Waals surface area (Å²) < 4.78 is 4.96. The molecule has 0 radical (unpaired) electrons. The molecule has 0 aliphatic heterocycles. The summed E-state index contributed by atoms with van der Waals surface area (Å²) in [5, 5.41) is 7.59. The third-order valence-electron chi connectivity index (χ3n) is 5.95. The van der Waals surface area contributed by atoms with E-state index < -0.39 is 0 Å². The van der Waals surface area contributed by atoms with Crippen molar-refractivity contribution < 1.29 is 0 Å². The van der Waals surface area contributed by atoms with Crippen LogP contribution in [0.4, 0.5) is 0 Å². The molecule has 0 N–H and O–H groups in total. The van der Waals surface area contributed by atoms with Crippen molar-refractivity contribution in [3.05, 3.63) is 91.5 Å². The molecule has 7 aromatic rings. The number of hydrogen-bond donors (Lipinski definition) is 0. The lowest BCUT2D eigenvalue weighted by atomic mass is 10.0. The smallest absolute Gasteiger partial charge is 0.0645 e. The van der Waals surface area contributed by atoms with Gasteiger partial charge in [-0.3, -0.25) is 9.97 Å². The summed E-state index contributed by atoms with van der Waals surface area (Å²) in [7, 11) is 0. The number of aromatic nitrogens is 3. The van der Waals surface area contributed by atoms with Gasteiger partial charge >= 0.3 is 0 Å². The van der Waals surface area contributed by atoms with Crippen LogP contribution in [0.1, 0.15) is 0 Å².